The van der Waals surface area contributed by atoms with Crippen molar-refractivity contribution in [3.05, 3.63) is 74.8 Å². The largest absolute Gasteiger partial charge is 0.345 e. The van der Waals surface area contributed by atoms with Gasteiger partial charge >= 0.3 is 0 Å². The maximum atomic E-state index is 13.3. The number of halogens is 2. The average Bonchev–Trinajstić information content (AvgIpc) is 3.25. The Morgan fingerprint density at radius 2 is 1.82 bits per heavy atom. The molecule has 0 aliphatic heterocycles. The molecule has 3 rings (SSSR count). The zero-order valence-electron chi connectivity index (χ0n) is 18.6. The van der Waals surface area contributed by atoms with Crippen LogP contribution in [0.5, 0.6) is 0 Å². The summed E-state index contributed by atoms with van der Waals surface area (Å²) in [5.74, 6) is -1.15. The third kappa shape index (κ3) is 5.78. The van der Waals surface area contributed by atoms with Gasteiger partial charge in [-0.3, -0.25) is 19.5 Å². The standard InChI is InChI=1S/C23H20Cl2N6O3/c1-13-27-22(29-28-13)20(32)10-21(33)31(12-14-4-5-18(24)19(25)8-14)17-7-15(11-26)6-16(9-17)23(34)30(2)3/h4-9H,10,12H2,1-3H3,(H,27,28,29). The number of aromatic amines is 1. The number of ketones is 1. The second-order valence-corrected chi connectivity index (χ2v) is 8.47. The fourth-order valence-corrected chi connectivity index (χ4v) is 3.46. The first-order valence-electron chi connectivity index (χ1n) is 10.0. The number of nitrogens with zero attached hydrogens (tertiary/aromatic N) is 5. The van der Waals surface area contributed by atoms with Gasteiger partial charge in [-0.15, -0.1) is 0 Å². The highest BCUT2D eigenvalue weighted by atomic mass is 35.5. The van der Waals surface area contributed by atoms with Crippen molar-refractivity contribution >= 4 is 46.5 Å². The molecule has 0 saturated carbocycles. The minimum absolute atomic E-state index is 0.0144. The number of carbonyl (C=O) groups excluding carboxylic acids is 3. The molecule has 2 amide bonds. The number of benzene rings is 2. The van der Waals surface area contributed by atoms with Crippen molar-refractivity contribution in [1.29, 1.82) is 5.26 Å². The molecule has 0 atom stereocenters. The van der Waals surface area contributed by atoms with E-state index in [2.05, 4.69) is 15.2 Å². The Kier molecular flexibility index (Phi) is 7.66. The van der Waals surface area contributed by atoms with Gasteiger partial charge in [0, 0.05) is 25.3 Å². The van der Waals surface area contributed by atoms with E-state index in [1.165, 1.54) is 28.0 Å². The van der Waals surface area contributed by atoms with E-state index in [0.717, 1.165) is 0 Å². The number of nitriles is 1. The normalized spacial score (nSPS) is 10.5. The Morgan fingerprint density at radius 1 is 1.09 bits per heavy atom. The summed E-state index contributed by atoms with van der Waals surface area (Å²) in [6.07, 6.45) is -0.521. The van der Waals surface area contributed by atoms with Crippen molar-refractivity contribution in [3.8, 4) is 6.07 Å². The quantitative estimate of drug-likeness (QED) is 0.390. The molecule has 0 saturated heterocycles. The van der Waals surface area contributed by atoms with Gasteiger partial charge in [0.1, 0.15) is 5.82 Å². The Bertz CT molecular complexity index is 1310. The van der Waals surface area contributed by atoms with E-state index in [1.54, 1.807) is 39.2 Å². The zero-order valence-corrected chi connectivity index (χ0v) is 20.1. The topological polar surface area (TPSA) is 123 Å². The van der Waals surface area contributed by atoms with Crippen LogP contribution < -0.4 is 4.90 Å². The lowest BCUT2D eigenvalue weighted by molar-refractivity contribution is -0.117. The molecule has 0 spiro atoms. The smallest absolute Gasteiger partial charge is 0.253 e. The monoisotopic (exact) mass is 498 g/mol. The van der Waals surface area contributed by atoms with Crippen molar-refractivity contribution in [2.45, 2.75) is 19.9 Å². The van der Waals surface area contributed by atoms with E-state index in [-0.39, 0.29) is 35.1 Å². The molecular weight excluding hydrogens is 479 g/mol. The van der Waals surface area contributed by atoms with Crippen LogP contribution >= 0.6 is 23.2 Å². The number of aryl methyl sites for hydroxylation is 1. The summed E-state index contributed by atoms with van der Waals surface area (Å²) in [5, 5.41) is 16.5. The number of H-pyrrole nitrogens is 1. The first-order chi connectivity index (χ1) is 16.1. The molecule has 1 heterocycles. The van der Waals surface area contributed by atoms with Gasteiger partial charge in [-0.05, 0) is 42.8 Å². The third-order valence-electron chi connectivity index (χ3n) is 4.80. The van der Waals surface area contributed by atoms with Crippen LogP contribution in [0.3, 0.4) is 0 Å². The van der Waals surface area contributed by atoms with Crippen LogP contribution in [0.25, 0.3) is 0 Å². The number of hydrogen-bond acceptors (Lipinski definition) is 6. The Hall–Kier alpha value is -3.74. The molecule has 0 radical (unpaired) electrons. The van der Waals surface area contributed by atoms with Gasteiger partial charge in [0.25, 0.3) is 5.91 Å². The highest BCUT2D eigenvalue weighted by Gasteiger charge is 2.24. The first-order valence-corrected chi connectivity index (χ1v) is 10.8. The molecule has 0 unspecified atom stereocenters. The molecule has 1 N–H and O–H groups in total. The molecule has 3 aromatic rings. The zero-order chi connectivity index (χ0) is 25.0. The molecule has 1 aromatic heterocycles. The van der Waals surface area contributed by atoms with Crippen LogP contribution in [0.1, 0.15) is 44.3 Å². The van der Waals surface area contributed by atoms with E-state index >= 15 is 0 Å². The number of amides is 2. The van der Waals surface area contributed by atoms with Gasteiger partial charge in [-0.25, -0.2) is 4.98 Å². The number of rotatable bonds is 7. The van der Waals surface area contributed by atoms with Crippen molar-refractivity contribution < 1.29 is 14.4 Å². The molecule has 0 fully saturated rings. The van der Waals surface area contributed by atoms with Gasteiger partial charge in [-0.2, -0.15) is 10.4 Å². The van der Waals surface area contributed by atoms with Crippen molar-refractivity contribution in [3.63, 3.8) is 0 Å². The van der Waals surface area contributed by atoms with Crippen LogP contribution in [0.2, 0.25) is 10.0 Å². The molecule has 34 heavy (non-hydrogen) atoms. The minimum atomic E-state index is -0.575. The van der Waals surface area contributed by atoms with Crippen LogP contribution in [0, 0.1) is 18.3 Å². The number of anilines is 1. The lowest BCUT2D eigenvalue weighted by Crippen LogP contribution is -2.32. The van der Waals surface area contributed by atoms with Gasteiger partial charge in [-0.1, -0.05) is 29.3 Å². The Labute approximate surface area is 205 Å². The average molecular weight is 499 g/mol. The van der Waals surface area contributed by atoms with E-state index in [0.29, 0.717) is 21.4 Å². The number of hydrogen-bond donors (Lipinski definition) is 1. The fourth-order valence-electron chi connectivity index (χ4n) is 3.14. The summed E-state index contributed by atoms with van der Waals surface area (Å²) in [4.78, 5) is 45.1. The summed E-state index contributed by atoms with van der Waals surface area (Å²) in [5.41, 5.74) is 1.32. The highest BCUT2D eigenvalue weighted by molar-refractivity contribution is 6.42. The van der Waals surface area contributed by atoms with E-state index in [1.807, 2.05) is 6.07 Å². The lowest BCUT2D eigenvalue weighted by Gasteiger charge is -2.24. The predicted octanol–water partition coefficient (Wildman–Crippen LogP) is 3.80. The van der Waals surface area contributed by atoms with E-state index in [4.69, 9.17) is 23.2 Å². The van der Waals surface area contributed by atoms with Crippen LogP contribution in [-0.4, -0.2) is 51.8 Å². The lowest BCUT2D eigenvalue weighted by atomic mass is 10.1. The Balaban J connectivity index is 2.03. The summed E-state index contributed by atoms with van der Waals surface area (Å²) in [6.45, 7) is 1.65. The molecule has 0 aliphatic rings. The van der Waals surface area contributed by atoms with Crippen molar-refractivity contribution in [2.24, 2.45) is 0 Å². The molecule has 0 aliphatic carbocycles. The third-order valence-corrected chi connectivity index (χ3v) is 5.53. The van der Waals surface area contributed by atoms with Crippen molar-refractivity contribution in [1.82, 2.24) is 20.1 Å². The molecular formula is C23H20Cl2N6O3. The predicted molar refractivity (Wildman–Crippen MR) is 127 cm³/mol. The van der Waals surface area contributed by atoms with Gasteiger partial charge in [0.15, 0.2) is 0 Å². The molecule has 11 heteroatoms. The molecule has 174 valence electrons. The van der Waals surface area contributed by atoms with Crippen molar-refractivity contribution in [2.75, 3.05) is 19.0 Å². The maximum absolute atomic E-state index is 13.3. The molecule has 0 bridgehead atoms. The molecule has 9 nitrogen and oxygen atoms in total. The minimum Gasteiger partial charge on any atom is -0.345 e. The number of aromatic nitrogens is 3. The van der Waals surface area contributed by atoms with E-state index in [9.17, 15) is 19.6 Å². The SMILES string of the molecule is Cc1nc(C(=O)CC(=O)N(Cc2ccc(Cl)c(Cl)c2)c2cc(C#N)cc(C(=O)N(C)C)c2)n[nH]1. The van der Waals surface area contributed by atoms with Gasteiger partial charge in [0.05, 0.1) is 34.6 Å². The number of Topliss-reactive ketones (excluding diaryl/α,β-unsaturated/α-hetero) is 1. The van der Waals surface area contributed by atoms with Crippen LogP contribution in [-0.2, 0) is 11.3 Å². The fraction of sp³-hybridized carbons (Fsp3) is 0.217. The van der Waals surface area contributed by atoms with Crippen LogP contribution in [0.15, 0.2) is 36.4 Å². The maximum Gasteiger partial charge on any atom is 0.253 e. The summed E-state index contributed by atoms with van der Waals surface area (Å²) < 4.78 is 0. The summed E-state index contributed by atoms with van der Waals surface area (Å²) in [6, 6.07) is 11.3. The molecule has 2 aromatic carbocycles. The first kappa shape index (κ1) is 24.9. The second kappa shape index (κ2) is 10.5. The van der Waals surface area contributed by atoms with Gasteiger partial charge in [0.2, 0.25) is 17.5 Å². The second-order valence-electron chi connectivity index (χ2n) is 7.65. The van der Waals surface area contributed by atoms with E-state index < -0.39 is 18.1 Å². The van der Waals surface area contributed by atoms with Crippen LogP contribution in [0.4, 0.5) is 5.69 Å². The number of nitrogens with one attached hydrogen (secondary N) is 1. The van der Waals surface area contributed by atoms with Gasteiger partial charge < -0.3 is 9.80 Å². The summed E-state index contributed by atoms with van der Waals surface area (Å²) >= 11 is 12.1. The highest BCUT2D eigenvalue weighted by Crippen LogP contribution is 2.27. The summed E-state index contributed by atoms with van der Waals surface area (Å²) in [7, 11) is 3.16. The number of carbonyl (C=O) groups is 3. The Morgan fingerprint density at radius 3 is 2.41 bits per heavy atom.